The topological polar surface area (TPSA) is 128 Å². The summed E-state index contributed by atoms with van der Waals surface area (Å²) in [5.74, 6) is -34.6. The quantitative estimate of drug-likeness (QED) is 0.0173. The van der Waals surface area contributed by atoms with Crippen LogP contribution < -0.4 is 37.8 Å². The third-order valence-corrected chi connectivity index (χ3v) is 17.8. The lowest BCUT2D eigenvalue weighted by atomic mass is 10.0. The molecule has 0 saturated heterocycles. The molecule has 39 heteroatoms. The van der Waals surface area contributed by atoms with E-state index in [-0.39, 0.29) is 105 Å². The number of rotatable bonds is 37. The predicted molar refractivity (Wildman–Crippen MR) is 387 cm³/mol. The molecular formula is C81H57BBr2F25O11. The number of ketones is 2. The molecule has 639 valence electrons. The summed E-state index contributed by atoms with van der Waals surface area (Å²) in [7, 11) is 0.0621. The lowest BCUT2D eigenvalue weighted by molar-refractivity contribution is -0.190. The molecule has 0 aliphatic carbocycles. The highest BCUT2D eigenvalue weighted by Gasteiger charge is 2.45. The minimum Gasteiger partial charge on any atom is -0.537 e. The highest BCUT2D eigenvalue weighted by molar-refractivity contribution is 9.10. The Bertz CT molecular complexity index is 4890. The van der Waals surface area contributed by atoms with Crippen molar-refractivity contribution in [3.05, 3.63) is 282 Å². The van der Waals surface area contributed by atoms with E-state index in [1.165, 1.54) is 24.3 Å². The Hall–Kier alpha value is -10.8. The number of halogens is 27. The van der Waals surface area contributed by atoms with Crippen molar-refractivity contribution in [2.45, 2.75) is 95.4 Å². The maximum atomic E-state index is 15.0. The number of hydrogen-bond acceptors (Lipinski definition) is 11. The van der Waals surface area contributed by atoms with Crippen molar-refractivity contribution < 1.29 is 162 Å². The number of hydrogen-bond donors (Lipinski definition) is 1. The molecule has 1 N–H and O–H groups in total. The fraction of sp³-hybridized carbons (Fsp3) is 0.235. The van der Waals surface area contributed by atoms with Gasteiger partial charge in [0.05, 0.1) is 35.4 Å². The molecule has 0 atom stereocenters. The van der Waals surface area contributed by atoms with Crippen molar-refractivity contribution >= 4 is 51.1 Å². The molecule has 0 saturated carbocycles. The van der Waals surface area contributed by atoms with E-state index >= 15 is 0 Å². The van der Waals surface area contributed by atoms with E-state index in [9.17, 15) is 119 Å². The molecule has 10 rings (SSSR count). The van der Waals surface area contributed by atoms with Crippen LogP contribution >= 0.6 is 31.9 Å². The molecule has 0 aliphatic rings. The molecule has 10 aromatic rings. The van der Waals surface area contributed by atoms with Crippen LogP contribution in [0.5, 0.6) is 46.0 Å². The van der Waals surface area contributed by atoms with E-state index in [0.717, 1.165) is 49.9 Å². The Balaban J connectivity index is 0.000000279. The van der Waals surface area contributed by atoms with Crippen LogP contribution in [0.15, 0.2) is 155 Å². The Morgan fingerprint density at radius 2 is 0.508 bits per heavy atom. The van der Waals surface area contributed by atoms with E-state index in [1.807, 2.05) is 0 Å². The largest absolute Gasteiger partial charge is 0.569 e. The number of carbonyl (C=O) groups excluding carboxylic acids is 2. The summed E-state index contributed by atoms with van der Waals surface area (Å²) in [6.45, 7) is 0.948. The lowest BCUT2D eigenvalue weighted by Crippen LogP contribution is -2.25. The zero-order chi connectivity index (χ0) is 88.1. The molecule has 10 aromatic carbocycles. The Kier molecular flexibility index (Phi) is 33.8. The molecular weight excluding hydrogens is 1790 g/mol. The summed E-state index contributed by atoms with van der Waals surface area (Å²) >= 11 is 6.19. The average Bonchev–Trinajstić information content (AvgIpc) is 0.785. The molecule has 0 bridgehead atoms. The zero-order valence-electron chi connectivity index (χ0n) is 61.0. The van der Waals surface area contributed by atoms with Gasteiger partial charge in [0.1, 0.15) is 132 Å². The van der Waals surface area contributed by atoms with E-state index in [4.69, 9.17) is 24.0 Å². The SMILES string of the molecule is O=C(CCCCOc1ccc(-c2cc(F)c(C(F)(F)Oc3cc(F)c(F)c(F)c3)c(F)c2)c(F)c1)CCCCOc1ccc(-c2cc(F)c(C(F)(F)Oc3cc(F)c(F)c(F)c3)c(F)c2)c(F)c1.O=C(CCCCOc1ccc(Br)c(F)c1)CCCCOc1ccc(Br)c(F)c1.O[B]Oc1cc(F)c(C(F)(F)Oc2cc(F)c(F)c(F)c2)c(F)c1. The van der Waals surface area contributed by atoms with Crippen LogP contribution in [0, 0.1) is 111 Å². The normalized spacial score (nSPS) is 11.4. The molecule has 0 amide bonds. The van der Waals surface area contributed by atoms with E-state index in [2.05, 4.69) is 50.7 Å². The van der Waals surface area contributed by atoms with Gasteiger partial charge in [0.2, 0.25) is 0 Å². The van der Waals surface area contributed by atoms with Crippen LogP contribution in [-0.2, 0) is 27.9 Å². The second-order valence-corrected chi connectivity index (χ2v) is 27.0. The summed E-state index contributed by atoms with van der Waals surface area (Å²) in [6, 6.07) is 18.1. The molecule has 11 nitrogen and oxygen atoms in total. The van der Waals surface area contributed by atoms with E-state index in [1.54, 1.807) is 24.3 Å². The first-order valence-corrected chi connectivity index (χ1v) is 36.5. The summed E-state index contributed by atoms with van der Waals surface area (Å²) in [4.78, 5) is 24.2. The average molecular weight is 1850 g/mol. The third-order valence-electron chi connectivity index (χ3n) is 16.5. The highest BCUT2D eigenvalue weighted by Crippen LogP contribution is 2.43. The fourth-order valence-electron chi connectivity index (χ4n) is 10.8. The van der Waals surface area contributed by atoms with Gasteiger partial charge in [-0.05, 0) is 167 Å². The van der Waals surface area contributed by atoms with Crippen molar-refractivity contribution in [1.82, 2.24) is 0 Å². The minimum absolute atomic E-state index is 0.0140. The first kappa shape index (κ1) is 94.7. The van der Waals surface area contributed by atoms with Crippen LogP contribution in [0.1, 0.15) is 93.7 Å². The molecule has 0 heterocycles. The molecule has 0 unspecified atom stereocenters. The standard InChI is InChI=1S/C47H30F16O5.C21H22Br2F2O3.C13H5BF7O3/c48-32-17-26(7-9-30(32)23-13-34(50)42(35(51)14-23)46(60,61)67-28-19-38(54)44(58)39(55)20-28)65-11-3-1-5-25(64)6-2-4-12-66-27-8-10-31(33(49)18-27)24-15-36(52)43(37(53)16-24)47(62,63)68-29-21-40(56)45(59)41(57)22-29;22-18-9-7-16(13-20(18)24)27-11-3-1-5-15(26)6-2-4-12-28-17-8-10-19(23)21(25)14-17;15-7-3-6(24-14-22)4-8(16)11(7)13(20,21)23-5-1-9(17)12(19)10(18)2-5/h7-10,13-22H,1-6,11-12H2;7-10,13-14H,1-6,11-12H2;1-4,22H. The second kappa shape index (κ2) is 42.9. The van der Waals surface area contributed by atoms with Gasteiger partial charge in [-0.25, -0.2) is 83.4 Å². The zero-order valence-corrected chi connectivity index (χ0v) is 64.2. The minimum atomic E-state index is -4.85. The van der Waals surface area contributed by atoms with Crippen LogP contribution in [-0.4, -0.2) is 50.7 Å². The summed E-state index contributed by atoms with van der Waals surface area (Å²) in [5, 5.41) is 8.33. The summed E-state index contributed by atoms with van der Waals surface area (Å²) < 4.78 is 388. The second-order valence-electron chi connectivity index (χ2n) is 25.3. The van der Waals surface area contributed by atoms with Gasteiger partial charge < -0.3 is 42.8 Å². The molecule has 0 aliphatic heterocycles. The maximum Gasteiger partial charge on any atom is 0.569 e. The third kappa shape index (κ3) is 26.6. The van der Waals surface area contributed by atoms with Crippen LogP contribution in [0.4, 0.5) is 110 Å². The van der Waals surface area contributed by atoms with Crippen LogP contribution in [0.25, 0.3) is 22.3 Å². The van der Waals surface area contributed by atoms with Crippen molar-refractivity contribution in [1.29, 1.82) is 0 Å². The van der Waals surface area contributed by atoms with Gasteiger partial charge in [-0.1, -0.05) is 0 Å². The number of carbonyl (C=O) groups is 2. The van der Waals surface area contributed by atoms with Crippen molar-refractivity contribution in [3.63, 3.8) is 0 Å². The van der Waals surface area contributed by atoms with Gasteiger partial charge in [-0.3, -0.25) is 9.59 Å². The number of alkyl halides is 6. The van der Waals surface area contributed by atoms with Crippen molar-refractivity contribution in [2.75, 3.05) is 26.4 Å². The van der Waals surface area contributed by atoms with Crippen molar-refractivity contribution in [3.8, 4) is 68.2 Å². The van der Waals surface area contributed by atoms with Gasteiger partial charge in [-0.2, -0.15) is 26.3 Å². The first-order chi connectivity index (χ1) is 56.6. The molecule has 0 fully saturated rings. The van der Waals surface area contributed by atoms with Gasteiger partial charge in [0.15, 0.2) is 52.4 Å². The number of benzene rings is 10. The van der Waals surface area contributed by atoms with E-state index < -0.39 is 179 Å². The monoisotopic (exact) mass is 1850 g/mol. The van der Waals surface area contributed by atoms with Crippen LogP contribution in [0.2, 0.25) is 0 Å². The van der Waals surface area contributed by atoms with Gasteiger partial charge in [-0.15, -0.1) is 0 Å². The van der Waals surface area contributed by atoms with Gasteiger partial charge in [0, 0.05) is 110 Å². The Morgan fingerprint density at radius 1 is 0.283 bits per heavy atom. The molecule has 120 heavy (non-hydrogen) atoms. The maximum absolute atomic E-state index is 15.0. The van der Waals surface area contributed by atoms with Gasteiger partial charge in [0.25, 0.3) is 0 Å². The summed E-state index contributed by atoms with van der Waals surface area (Å²) in [5.41, 5.74) is -7.66. The number of Topliss-reactive ketones (excluding diaryl/α,β-unsaturated/α-hetero) is 2. The number of ether oxygens (including phenoxy) is 7. The lowest BCUT2D eigenvalue weighted by Gasteiger charge is -2.20. The van der Waals surface area contributed by atoms with E-state index in [0.29, 0.717) is 109 Å². The molecule has 0 aromatic heterocycles. The highest BCUT2D eigenvalue weighted by atomic mass is 79.9. The predicted octanol–water partition coefficient (Wildman–Crippen LogP) is 24.6. The molecule has 0 spiro atoms. The smallest absolute Gasteiger partial charge is 0.537 e. The van der Waals surface area contributed by atoms with Crippen LogP contribution in [0.3, 0.4) is 0 Å². The summed E-state index contributed by atoms with van der Waals surface area (Å²) in [6.07, 6.45) is -8.66. The molecule has 1 radical (unpaired) electrons. The Morgan fingerprint density at radius 3 is 0.750 bits per heavy atom. The van der Waals surface area contributed by atoms with Gasteiger partial charge >= 0.3 is 26.0 Å². The van der Waals surface area contributed by atoms with Crippen molar-refractivity contribution in [2.24, 2.45) is 0 Å². The Labute approximate surface area is 682 Å². The fourth-order valence-corrected chi connectivity index (χ4v) is 11.3. The first-order valence-electron chi connectivity index (χ1n) is 34.9. The number of unbranched alkanes of at least 4 members (excludes halogenated alkanes) is 4.